The monoisotopic (exact) mass is 356 g/mol. The molecular weight excluding hydrogens is 332 g/mol. The van der Waals surface area contributed by atoms with Crippen LogP contribution in [0.2, 0.25) is 0 Å². The van der Waals surface area contributed by atoms with Crippen LogP contribution in [-0.4, -0.2) is 47.7 Å². The standard InChI is InChI=1S/C20H24N2O4/c23-19(17-4-3-13-24-17)22-11-8-20(9-12-22)16(7-15-26-20)6-14-25-18-5-1-2-10-21-18/h1-5,10,13,16H,6-9,11-12,14-15H2. The number of rotatable bonds is 5. The number of aromatic nitrogens is 1. The van der Waals surface area contributed by atoms with Gasteiger partial charge < -0.3 is 18.8 Å². The number of amides is 1. The lowest BCUT2D eigenvalue weighted by Crippen LogP contribution is -2.49. The van der Waals surface area contributed by atoms with Gasteiger partial charge >= 0.3 is 0 Å². The first kappa shape index (κ1) is 17.1. The van der Waals surface area contributed by atoms with Gasteiger partial charge in [-0.2, -0.15) is 0 Å². The maximum Gasteiger partial charge on any atom is 0.289 e. The van der Waals surface area contributed by atoms with Crippen LogP contribution in [0, 0.1) is 5.92 Å². The van der Waals surface area contributed by atoms with E-state index < -0.39 is 0 Å². The molecule has 4 rings (SSSR count). The number of carbonyl (C=O) groups excluding carboxylic acids is 1. The number of carbonyl (C=O) groups is 1. The van der Waals surface area contributed by atoms with E-state index in [9.17, 15) is 4.79 Å². The van der Waals surface area contributed by atoms with Gasteiger partial charge in [-0.1, -0.05) is 6.07 Å². The summed E-state index contributed by atoms with van der Waals surface area (Å²) in [5, 5.41) is 0. The maximum absolute atomic E-state index is 12.4. The van der Waals surface area contributed by atoms with Crippen LogP contribution in [0.1, 0.15) is 36.2 Å². The first-order valence-corrected chi connectivity index (χ1v) is 9.27. The summed E-state index contributed by atoms with van der Waals surface area (Å²) in [6.07, 6.45) is 7.01. The number of furan rings is 1. The number of nitrogens with zero attached hydrogens (tertiary/aromatic N) is 2. The van der Waals surface area contributed by atoms with E-state index in [2.05, 4.69) is 4.98 Å². The molecule has 26 heavy (non-hydrogen) atoms. The average Bonchev–Trinajstić information content (AvgIpc) is 3.34. The highest BCUT2D eigenvalue weighted by atomic mass is 16.5. The zero-order valence-corrected chi connectivity index (χ0v) is 14.8. The molecule has 4 heterocycles. The Kier molecular flexibility index (Phi) is 4.93. The van der Waals surface area contributed by atoms with Crippen molar-refractivity contribution in [1.82, 2.24) is 9.88 Å². The third kappa shape index (κ3) is 3.46. The summed E-state index contributed by atoms with van der Waals surface area (Å²) in [5.74, 6) is 1.51. The summed E-state index contributed by atoms with van der Waals surface area (Å²) in [6, 6.07) is 9.14. The summed E-state index contributed by atoms with van der Waals surface area (Å²) in [6.45, 7) is 2.84. The van der Waals surface area contributed by atoms with Crippen molar-refractivity contribution < 1.29 is 18.7 Å². The molecule has 1 atom stereocenters. The predicted molar refractivity (Wildman–Crippen MR) is 95.0 cm³/mol. The fourth-order valence-corrected chi connectivity index (χ4v) is 4.13. The van der Waals surface area contributed by atoms with Crippen molar-refractivity contribution in [1.29, 1.82) is 0 Å². The van der Waals surface area contributed by atoms with Gasteiger partial charge in [0, 0.05) is 32.0 Å². The van der Waals surface area contributed by atoms with Crippen LogP contribution in [0.4, 0.5) is 0 Å². The molecule has 0 bridgehead atoms. The molecule has 2 aliphatic rings. The molecule has 0 aromatic carbocycles. The normalized spacial score (nSPS) is 21.8. The van der Waals surface area contributed by atoms with Gasteiger partial charge in [0.25, 0.3) is 5.91 Å². The Morgan fingerprint density at radius 2 is 2.15 bits per heavy atom. The second-order valence-corrected chi connectivity index (χ2v) is 6.97. The average molecular weight is 356 g/mol. The van der Waals surface area contributed by atoms with E-state index in [-0.39, 0.29) is 11.5 Å². The first-order chi connectivity index (χ1) is 12.8. The zero-order valence-electron chi connectivity index (χ0n) is 14.8. The van der Waals surface area contributed by atoms with Crippen molar-refractivity contribution in [2.24, 2.45) is 5.92 Å². The van der Waals surface area contributed by atoms with Crippen LogP contribution in [0.5, 0.6) is 5.88 Å². The molecular formula is C20H24N2O4. The van der Waals surface area contributed by atoms with Crippen LogP contribution < -0.4 is 4.74 Å². The van der Waals surface area contributed by atoms with Crippen LogP contribution in [-0.2, 0) is 4.74 Å². The van der Waals surface area contributed by atoms with Crippen molar-refractivity contribution in [3.05, 3.63) is 48.6 Å². The minimum absolute atomic E-state index is 0.0297. The van der Waals surface area contributed by atoms with E-state index in [1.54, 1.807) is 18.3 Å². The van der Waals surface area contributed by atoms with Crippen molar-refractivity contribution in [3.8, 4) is 5.88 Å². The van der Waals surface area contributed by atoms with Crippen LogP contribution in [0.25, 0.3) is 0 Å². The highest BCUT2D eigenvalue weighted by Crippen LogP contribution is 2.42. The maximum atomic E-state index is 12.4. The molecule has 2 aromatic heterocycles. The molecule has 0 radical (unpaired) electrons. The smallest absolute Gasteiger partial charge is 0.289 e. The fraction of sp³-hybridized carbons (Fsp3) is 0.500. The van der Waals surface area contributed by atoms with Crippen molar-refractivity contribution in [2.75, 3.05) is 26.3 Å². The topological polar surface area (TPSA) is 64.8 Å². The van der Waals surface area contributed by atoms with Crippen molar-refractivity contribution in [3.63, 3.8) is 0 Å². The minimum atomic E-state index is -0.118. The Balaban J connectivity index is 1.31. The Hall–Kier alpha value is -2.34. The lowest BCUT2D eigenvalue weighted by Gasteiger charge is -2.42. The second kappa shape index (κ2) is 7.50. The van der Waals surface area contributed by atoms with Gasteiger partial charge in [-0.05, 0) is 49.8 Å². The highest BCUT2D eigenvalue weighted by Gasteiger charge is 2.46. The van der Waals surface area contributed by atoms with Gasteiger partial charge in [0.15, 0.2) is 5.76 Å². The van der Waals surface area contributed by atoms with E-state index in [1.807, 2.05) is 23.1 Å². The SMILES string of the molecule is O=C(c1ccco1)N1CCC2(CC1)OCCC2CCOc1ccccn1. The van der Waals surface area contributed by atoms with E-state index >= 15 is 0 Å². The lowest BCUT2D eigenvalue weighted by atomic mass is 9.78. The van der Waals surface area contributed by atoms with Crippen LogP contribution in [0.15, 0.2) is 47.2 Å². The molecule has 2 fully saturated rings. The molecule has 0 saturated carbocycles. The molecule has 6 heteroatoms. The van der Waals surface area contributed by atoms with E-state index in [4.69, 9.17) is 13.9 Å². The molecule has 2 saturated heterocycles. The number of hydrogen-bond donors (Lipinski definition) is 0. The molecule has 0 N–H and O–H groups in total. The largest absolute Gasteiger partial charge is 0.478 e. The van der Waals surface area contributed by atoms with Gasteiger partial charge in [0.2, 0.25) is 5.88 Å². The molecule has 6 nitrogen and oxygen atoms in total. The molecule has 2 aromatic rings. The van der Waals surface area contributed by atoms with Gasteiger partial charge in [-0.25, -0.2) is 4.98 Å². The van der Waals surface area contributed by atoms with Crippen molar-refractivity contribution >= 4 is 5.91 Å². The number of hydrogen-bond acceptors (Lipinski definition) is 5. The summed E-state index contributed by atoms with van der Waals surface area (Å²) in [7, 11) is 0. The molecule has 1 spiro atoms. The summed E-state index contributed by atoms with van der Waals surface area (Å²) in [5.41, 5.74) is -0.118. The van der Waals surface area contributed by atoms with Gasteiger partial charge in [0.05, 0.1) is 18.5 Å². The highest BCUT2D eigenvalue weighted by molar-refractivity contribution is 5.91. The van der Waals surface area contributed by atoms with E-state index in [1.165, 1.54) is 6.26 Å². The zero-order chi connectivity index (χ0) is 17.8. The molecule has 1 unspecified atom stereocenters. The Bertz CT molecular complexity index is 709. The van der Waals surface area contributed by atoms with Crippen LogP contribution >= 0.6 is 0 Å². The lowest BCUT2D eigenvalue weighted by molar-refractivity contribution is -0.0652. The van der Waals surface area contributed by atoms with Crippen molar-refractivity contribution in [2.45, 2.75) is 31.3 Å². The summed E-state index contributed by atoms with van der Waals surface area (Å²) in [4.78, 5) is 18.5. The van der Waals surface area contributed by atoms with E-state index in [0.29, 0.717) is 37.3 Å². The summed E-state index contributed by atoms with van der Waals surface area (Å²) >= 11 is 0. The van der Waals surface area contributed by atoms with E-state index in [0.717, 1.165) is 32.3 Å². The third-order valence-corrected chi connectivity index (χ3v) is 5.58. The molecule has 2 aliphatic heterocycles. The van der Waals surface area contributed by atoms with Gasteiger partial charge in [-0.15, -0.1) is 0 Å². The Morgan fingerprint density at radius 1 is 1.27 bits per heavy atom. The number of ether oxygens (including phenoxy) is 2. The minimum Gasteiger partial charge on any atom is -0.478 e. The predicted octanol–water partition coefficient (Wildman–Crippen LogP) is 3.16. The Labute approximate surface area is 153 Å². The molecule has 0 aliphatic carbocycles. The van der Waals surface area contributed by atoms with Gasteiger partial charge in [-0.3, -0.25) is 4.79 Å². The quantitative estimate of drug-likeness (QED) is 0.823. The number of piperidine rings is 1. The third-order valence-electron chi connectivity index (χ3n) is 5.58. The number of likely N-dealkylation sites (tertiary alicyclic amines) is 1. The number of pyridine rings is 1. The van der Waals surface area contributed by atoms with Crippen LogP contribution in [0.3, 0.4) is 0 Å². The molecule has 1 amide bonds. The second-order valence-electron chi connectivity index (χ2n) is 6.97. The summed E-state index contributed by atoms with van der Waals surface area (Å²) < 4.78 is 17.2. The first-order valence-electron chi connectivity index (χ1n) is 9.27. The molecule has 138 valence electrons. The fourth-order valence-electron chi connectivity index (χ4n) is 4.13. The Morgan fingerprint density at radius 3 is 2.88 bits per heavy atom. The van der Waals surface area contributed by atoms with Gasteiger partial charge in [0.1, 0.15) is 0 Å².